The monoisotopic (exact) mass is 371 g/mol. The lowest BCUT2D eigenvalue weighted by molar-refractivity contribution is 0.0633. The molecule has 0 spiro atoms. The Morgan fingerprint density at radius 1 is 1.08 bits per heavy atom. The van der Waals surface area contributed by atoms with Crippen LogP contribution in [0.2, 0.25) is 4.34 Å². The van der Waals surface area contributed by atoms with Crippen LogP contribution >= 0.6 is 22.9 Å². The molecule has 0 bridgehead atoms. The number of thiophene rings is 1. The van der Waals surface area contributed by atoms with Crippen LogP contribution in [0.4, 0.5) is 0 Å². The molecule has 4 nitrogen and oxygen atoms in total. The van der Waals surface area contributed by atoms with Gasteiger partial charge in [-0.25, -0.2) is 0 Å². The van der Waals surface area contributed by atoms with E-state index in [9.17, 15) is 4.79 Å². The first kappa shape index (κ1) is 16.5. The van der Waals surface area contributed by atoms with Gasteiger partial charge in [0, 0.05) is 44.3 Å². The second-order valence-electron chi connectivity index (χ2n) is 6.16. The smallest absolute Gasteiger partial charge is 0.264 e. The van der Waals surface area contributed by atoms with Crippen molar-refractivity contribution in [1.82, 2.24) is 14.8 Å². The van der Waals surface area contributed by atoms with Gasteiger partial charge in [-0.15, -0.1) is 11.3 Å². The van der Waals surface area contributed by atoms with Crippen molar-refractivity contribution in [3.63, 3.8) is 0 Å². The summed E-state index contributed by atoms with van der Waals surface area (Å²) in [5, 5.41) is 1.17. The fraction of sp³-hybridized carbons (Fsp3) is 0.263. The van der Waals surface area contributed by atoms with Crippen molar-refractivity contribution >= 4 is 39.7 Å². The van der Waals surface area contributed by atoms with Crippen LogP contribution in [0.15, 0.2) is 48.7 Å². The number of pyridine rings is 1. The number of carbonyl (C=O) groups is 1. The molecule has 1 amide bonds. The number of fused-ring (bicyclic) bond motifs is 1. The number of hydrogen-bond donors (Lipinski definition) is 0. The summed E-state index contributed by atoms with van der Waals surface area (Å²) >= 11 is 7.28. The molecular formula is C19H18ClN3OS. The van der Waals surface area contributed by atoms with Gasteiger partial charge in [0.1, 0.15) is 0 Å². The standard InChI is InChI=1S/C19H18ClN3OS/c20-17-7-6-16(25-17)19(24)23-11-9-22(10-12-23)13-15-4-1-3-14-5-2-8-21-18(14)15/h1-8H,9-13H2. The summed E-state index contributed by atoms with van der Waals surface area (Å²) in [4.78, 5) is 22.1. The molecule has 4 rings (SSSR count). The maximum absolute atomic E-state index is 12.5. The predicted molar refractivity (Wildman–Crippen MR) is 102 cm³/mol. The second kappa shape index (κ2) is 7.12. The molecule has 0 radical (unpaired) electrons. The third kappa shape index (κ3) is 3.54. The first-order chi connectivity index (χ1) is 12.2. The number of rotatable bonds is 3. The average Bonchev–Trinajstić information content (AvgIpc) is 3.08. The Hall–Kier alpha value is -1.95. The van der Waals surface area contributed by atoms with Gasteiger partial charge in [0.05, 0.1) is 14.7 Å². The van der Waals surface area contributed by atoms with Gasteiger partial charge in [0.25, 0.3) is 5.91 Å². The van der Waals surface area contributed by atoms with Gasteiger partial charge in [0.15, 0.2) is 0 Å². The van der Waals surface area contributed by atoms with E-state index >= 15 is 0 Å². The lowest BCUT2D eigenvalue weighted by Crippen LogP contribution is -2.48. The quantitative estimate of drug-likeness (QED) is 0.700. The Kier molecular flexibility index (Phi) is 4.70. The lowest BCUT2D eigenvalue weighted by atomic mass is 10.1. The molecule has 0 saturated carbocycles. The van der Waals surface area contributed by atoms with Crippen LogP contribution in [-0.4, -0.2) is 46.9 Å². The number of nitrogens with zero attached hydrogens (tertiary/aromatic N) is 3. The topological polar surface area (TPSA) is 36.4 Å². The van der Waals surface area contributed by atoms with Crippen LogP contribution in [0.5, 0.6) is 0 Å². The number of amides is 1. The molecule has 3 heterocycles. The molecule has 0 N–H and O–H groups in total. The first-order valence-corrected chi connectivity index (χ1v) is 9.50. The molecule has 0 unspecified atom stereocenters. The summed E-state index contributed by atoms with van der Waals surface area (Å²) in [5.41, 5.74) is 2.31. The third-order valence-corrected chi connectivity index (χ3v) is 5.77. The minimum absolute atomic E-state index is 0.0865. The fourth-order valence-corrected chi connectivity index (χ4v) is 4.24. The molecule has 1 aromatic carbocycles. The third-order valence-electron chi connectivity index (χ3n) is 4.55. The first-order valence-electron chi connectivity index (χ1n) is 8.30. The Balaban J connectivity index is 1.41. The van der Waals surface area contributed by atoms with E-state index in [1.54, 1.807) is 6.07 Å². The average molecular weight is 372 g/mol. The summed E-state index contributed by atoms with van der Waals surface area (Å²) < 4.78 is 0.658. The number of halogens is 1. The van der Waals surface area contributed by atoms with Gasteiger partial charge >= 0.3 is 0 Å². The Morgan fingerprint density at radius 2 is 1.88 bits per heavy atom. The minimum atomic E-state index is 0.0865. The van der Waals surface area contributed by atoms with Gasteiger partial charge < -0.3 is 4.90 Å². The van der Waals surface area contributed by atoms with Crippen LogP contribution in [0.25, 0.3) is 10.9 Å². The maximum atomic E-state index is 12.5. The molecule has 6 heteroatoms. The van der Waals surface area contributed by atoms with E-state index in [0.717, 1.165) is 43.1 Å². The lowest BCUT2D eigenvalue weighted by Gasteiger charge is -2.34. The van der Waals surface area contributed by atoms with Crippen LogP contribution in [0.1, 0.15) is 15.2 Å². The molecule has 0 aliphatic carbocycles. The summed E-state index contributed by atoms with van der Waals surface area (Å²) in [6.45, 7) is 4.09. The van der Waals surface area contributed by atoms with E-state index in [2.05, 4.69) is 34.1 Å². The van der Waals surface area contributed by atoms with Crippen LogP contribution in [-0.2, 0) is 6.54 Å². The van der Waals surface area contributed by atoms with Gasteiger partial charge in [-0.1, -0.05) is 35.9 Å². The Morgan fingerprint density at radius 3 is 2.64 bits per heavy atom. The van der Waals surface area contributed by atoms with E-state index in [-0.39, 0.29) is 5.91 Å². The zero-order chi connectivity index (χ0) is 17.2. The summed E-state index contributed by atoms with van der Waals surface area (Å²) in [6.07, 6.45) is 1.84. The summed E-state index contributed by atoms with van der Waals surface area (Å²) in [5.74, 6) is 0.0865. The van der Waals surface area contributed by atoms with Crippen molar-refractivity contribution in [1.29, 1.82) is 0 Å². The van der Waals surface area contributed by atoms with Crippen molar-refractivity contribution in [2.24, 2.45) is 0 Å². The predicted octanol–water partition coefficient (Wildman–Crippen LogP) is 3.91. The van der Waals surface area contributed by atoms with E-state index < -0.39 is 0 Å². The highest BCUT2D eigenvalue weighted by atomic mass is 35.5. The number of hydrogen-bond acceptors (Lipinski definition) is 4. The molecule has 1 aliphatic heterocycles. The molecule has 2 aromatic heterocycles. The molecule has 128 valence electrons. The van der Waals surface area contributed by atoms with Crippen LogP contribution in [0, 0.1) is 0 Å². The highest BCUT2D eigenvalue weighted by molar-refractivity contribution is 7.17. The summed E-state index contributed by atoms with van der Waals surface area (Å²) in [6, 6.07) is 14.0. The fourth-order valence-electron chi connectivity index (χ4n) is 3.23. The number of piperazine rings is 1. The van der Waals surface area contributed by atoms with Crippen molar-refractivity contribution in [3.05, 3.63) is 63.4 Å². The van der Waals surface area contributed by atoms with E-state index in [0.29, 0.717) is 4.34 Å². The molecule has 3 aromatic rings. The van der Waals surface area contributed by atoms with Crippen LogP contribution < -0.4 is 0 Å². The zero-order valence-corrected chi connectivity index (χ0v) is 15.3. The maximum Gasteiger partial charge on any atom is 0.264 e. The normalized spacial score (nSPS) is 15.6. The minimum Gasteiger partial charge on any atom is -0.335 e. The van der Waals surface area contributed by atoms with Crippen molar-refractivity contribution in [2.45, 2.75) is 6.54 Å². The van der Waals surface area contributed by atoms with E-state index in [4.69, 9.17) is 11.6 Å². The number of aromatic nitrogens is 1. The molecule has 1 fully saturated rings. The van der Waals surface area contributed by atoms with E-state index in [1.807, 2.05) is 23.2 Å². The Labute approximate surface area is 155 Å². The van der Waals surface area contributed by atoms with E-state index in [1.165, 1.54) is 22.3 Å². The Bertz CT molecular complexity index is 897. The van der Waals surface area contributed by atoms with Gasteiger partial charge in [-0.3, -0.25) is 14.7 Å². The van der Waals surface area contributed by atoms with Gasteiger partial charge in [-0.05, 0) is 23.8 Å². The number of para-hydroxylation sites is 1. The zero-order valence-electron chi connectivity index (χ0n) is 13.7. The highest BCUT2D eigenvalue weighted by Crippen LogP contribution is 2.24. The largest absolute Gasteiger partial charge is 0.335 e. The molecule has 1 aliphatic rings. The number of carbonyl (C=O) groups excluding carboxylic acids is 1. The highest BCUT2D eigenvalue weighted by Gasteiger charge is 2.23. The van der Waals surface area contributed by atoms with Crippen molar-refractivity contribution in [2.75, 3.05) is 26.2 Å². The molecular weight excluding hydrogens is 354 g/mol. The van der Waals surface area contributed by atoms with Crippen LogP contribution in [0.3, 0.4) is 0 Å². The van der Waals surface area contributed by atoms with Gasteiger partial charge in [-0.2, -0.15) is 0 Å². The molecule has 25 heavy (non-hydrogen) atoms. The SMILES string of the molecule is O=C(c1ccc(Cl)s1)N1CCN(Cc2cccc3cccnc23)CC1. The second-order valence-corrected chi connectivity index (χ2v) is 7.88. The number of benzene rings is 1. The van der Waals surface area contributed by atoms with Crippen molar-refractivity contribution in [3.8, 4) is 0 Å². The van der Waals surface area contributed by atoms with Gasteiger partial charge in [0.2, 0.25) is 0 Å². The molecule has 1 saturated heterocycles. The van der Waals surface area contributed by atoms with Crippen molar-refractivity contribution < 1.29 is 4.79 Å². The molecule has 0 atom stereocenters. The summed E-state index contributed by atoms with van der Waals surface area (Å²) in [7, 11) is 0.